The third-order valence-electron chi connectivity index (χ3n) is 3.08. The number of hydrogen-bond donors (Lipinski definition) is 1. The molecule has 0 spiro atoms. The van der Waals surface area contributed by atoms with Crippen LogP contribution in [-0.4, -0.2) is 10.6 Å². The molecule has 0 fully saturated rings. The summed E-state index contributed by atoms with van der Waals surface area (Å²) in [6.45, 7) is 0. The summed E-state index contributed by atoms with van der Waals surface area (Å²) < 4.78 is 15.4. The monoisotopic (exact) mass is 271 g/mol. The zero-order chi connectivity index (χ0) is 14.7. The third-order valence-corrected chi connectivity index (χ3v) is 3.08. The Kier molecular flexibility index (Phi) is 3.97. The highest BCUT2D eigenvalue weighted by Gasteiger charge is 2.09. The number of hydrogen-bond acceptors (Lipinski definition) is 3. The molecule has 0 saturated carbocycles. The fourth-order valence-electron chi connectivity index (χ4n) is 1.94. The van der Waals surface area contributed by atoms with Crippen LogP contribution in [0, 0.1) is 17.1 Å². The van der Waals surface area contributed by atoms with E-state index in [0.717, 1.165) is 5.56 Å². The zero-order valence-corrected chi connectivity index (χ0v) is 11.0. The molecule has 1 unspecified atom stereocenters. The van der Waals surface area contributed by atoms with Crippen LogP contribution in [0.15, 0.2) is 41.3 Å². The van der Waals surface area contributed by atoms with E-state index in [1.165, 1.54) is 16.7 Å². The molecule has 2 N–H and O–H groups in total. The molecule has 5 heteroatoms. The molecular formula is C15H14FN3O. The number of pyridine rings is 1. The lowest BCUT2D eigenvalue weighted by molar-refractivity contribution is 0.604. The van der Waals surface area contributed by atoms with E-state index in [1.807, 2.05) is 6.07 Å². The molecule has 1 aromatic heterocycles. The number of nitrogens with zero attached hydrogens (tertiary/aromatic N) is 2. The standard InChI is InChI=1S/C15H14FN3O/c1-19-9-12(4-5-15(19)20)10-2-3-11(14(16)7-10)6-13(18)8-17/h2-5,7,9,13H,6,18H2,1H3. The quantitative estimate of drug-likeness (QED) is 0.921. The lowest BCUT2D eigenvalue weighted by Crippen LogP contribution is -2.20. The Balaban J connectivity index is 2.35. The maximum Gasteiger partial charge on any atom is 0.250 e. The van der Waals surface area contributed by atoms with Gasteiger partial charge in [0.1, 0.15) is 5.82 Å². The fourth-order valence-corrected chi connectivity index (χ4v) is 1.94. The van der Waals surface area contributed by atoms with E-state index < -0.39 is 11.9 Å². The van der Waals surface area contributed by atoms with E-state index >= 15 is 0 Å². The summed E-state index contributed by atoms with van der Waals surface area (Å²) in [7, 11) is 1.64. The van der Waals surface area contributed by atoms with E-state index in [1.54, 1.807) is 31.4 Å². The Morgan fingerprint density at radius 1 is 1.35 bits per heavy atom. The van der Waals surface area contributed by atoms with Crippen LogP contribution in [0.2, 0.25) is 0 Å². The van der Waals surface area contributed by atoms with Gasteiger partial charge < -0.3 is 10.3 Å². The van der Waals surface area contributed by atoms with Gasteiger partial charge in [-0.3, -0.25) is 4.79 Å². The molecule has 0 aliphatic rings. The van der Waals surface area contributed by atoms with Crippen molar-refractivity contribution in [1.29, 1.82) is 5.26 Å². The predicted molar refractivity (Wildman–Crippen MR) is 74.4 cm³/mol. The van der Waals surface area contributed by atoms with E-state index in [4.69, 9.17) is 11.0 Å². The summed E-state index contributed by atoms with van der Waals surface area (Å²) in [6, 6.07) is 9.01. The van der Waals surface area contributed by atoms with Crippen LogP contribution < -0.4 is 11.3 Å². The average Bonchev–Trinajstić information content (AvgIpc) is 2.44. The molecule has 102 valence electrons. The smallest absolute Gasteiger partial charge is 0.250 e. The summed E-state index contributed by atoms with van der Waals surface area (Å²) in [5.74, 6) is -0.401. The number of halogens is 1. The van der Waals surface area contributed by atoms with Gasteiger partial charge in [0.2, 0.25) is 5.56 Å². The number of nitriles is 1. The first kappa shape index (κ1) is 14.0. The van der Waals surface area contributed by atoms with Crippen molar-refractivity contribution in [1.82, 2.24) is 4.57 Å². The van der Waals surface area contributed by atoms with Crippen LogP contribution in [0.25, 0.3) is 11.1 Å². The van der Waals surface area contributed by atoms with E-state index in [9.17, 15) is 9.18 Å². The van der Waals surface area contributed by atoms with Gasteiger partial charge in [-0.2, -0.15) is 5.26 Å². The summed E-state index contributed by atoms with van der Waals surface area (Å²) in [5.41, 5.74) is 7.21. The topological polar surface area (TPSA) is 71.8 Å². The Morgan fingerprint density at radius 3 is 2.65 bits per heavy atom. The first-order valence-electron chi connectivity index (χ1n) is 6.12. The van der Waals surface area contributed by atoms with Crippen LogP contribution in [-0.2, 0) is 13.5 Å². The second-order valence-electron chi connectivity index (χ2n) is 4.61. The number of aromatic nitrogens is 1. The van der Waals surface area contributed by atoms with Gasteiger partial charge in [0.05, 0.1) is 12.1 Å². The normalized spacial score (nSPS) is 11.9. The first-order chi connectivity index (χ1) is 9.51. The van der Waals surface area contributed by atoms with E-state index in [2.05, 4.69) is 0 Å². The number of aryl methyl sites for hydroxylation is 1. The minimum absolute atomic E-state index is 0.120. The molecule has 4 nitrogen and oxygen atoms in total. The molecule has 2 rings (SSSR count). The molecule has 0 bridgehead atoms. The summed E-state index contributed by atoms with van der Waals surface area (Å²) in [6.07, 6.45) is 1.83. The second kappa shape index (κ2) is 5.68. The Labute approximate surface area is 115 Å². The van der Waals surface area contributed by atoms with Crippen molar-refractivity contribution in [3.63, 3.8) is 0 Å². The molecule has 0 amide bonds. The first-order valence-corrected chi connectivity index (χ1v) is 6.12. The van der Waals surface area contributed by atoms with Gasteiger partial charge in [-0.05, 0) is 28.8 Å². The third kappa shape index (κ3) is 2.92. The molecular weight excluding hydrogens is 257 g/mol. The lowest BCUT2D eigenvalue weighted by atomic mass is 10.0. The minimum Gasteiger partial charge on any atom is -0.318 e. The van der Waals surface area contributed by atoms with E-state index in [0.29, 0.717) is 11.1 Å². The van der Waals surface area contributed by atoms with Gasteiger partial charge in [-0.1, -0.05) is 12.1 Å². The second-order valence-corrected chi connectivity index (χ2v) is 4.61. The van der Waals surface area contributed by atoms with Gasteiger partial charge in [-0.15, -0.1) is 0 Å². The van der Waals surface area contributed by atoms with Crippen molar-refractivity contribution in [3.8, 4) is 17.2 Å². The number of rotatable bonds is 3. The predicted octanol–water partition coefficient (Wildman–Crippen LogP) is 1.58. The van der Waals surface area contributed by atoms with Crippen LogP contribution >= 0.6 is 0 Å². The Morgan fingerprint density at radius 2 is 2.05 bits per heavy atom. The van der Waals surface area contributed by atoms with Gasteiger partial charge in [-0.25, -0.2) is 4.39 Å². The molecule has 0 radical (unpaired) electrons. The van der Waals surface area contributed by atoms with Crippen molar-refractivity contribution >= 4 is 0 Å². The molecule has 0 saturated heterocycles. The van der Waals surface area contributed by atoms with Gasteiger partial charge in [0.15, 0.2) is 0 Å². The van der Waals surface area contributed by atoms with Crippen LogP contribution in [0.5, 0.6) is 0 Å². The molecule has 2 aromatic rings. The molecule has 20 heavy (non-hydrogen) atoms. The van der Waals surface area contributed by atoms with E-state index in [-0.39, 0.29) is 12.0 Å². The van der Waals surface area contributed by atoms with Crippen molar-refractivity contribution in [2.75, 3.05) is 0 Å². The average molecular weight is 271 g/mol. The minimum atomic E-state index is -0.715. The van der Waals surface area contributed by atoms with Crippen LogP contribution in [0.1, 0.15) is 5.56 Å². The largest absolute Gasteiger partial charge is 0.318 e. The molecule has 0 aliphatic heterocycles. The summed E-state index contributed by atoms with van der Waals surface area (Å²) in [5, 5.41) is 8.65. The highest BCUT2D eigenvalue weighted by Crippen LogP contribution is 2.21. The SMILES string of the molecule is Cn1cc(-c2ccc(CC(N)C#N)c(F)c2)ccc1=O. The highest BCUT2D eigenvalue weighted by molar-refractivity contribution is 5.62. The highest BCUT2D eigenvalue weighted by atomic mass is 19.1. The maximum atomic E-state index is 14.0. The van der Waals surface area contributed by atoms with Gasteiger partial charge in [0, 0.05) is 25.7 Å². The number of benzene rings is 1. The lowest BCUT2D eigenvalue weighted by Gasteiger charge is -2.08. The molecule has 1 atom stereocenters. The van der Waals surface area contributed by atoms with Gasteiger partial charge in [0.25, 0.3) is 0 Å². The van der Waals surface area contributed by atoms with Gasteiger partial charge >= 0.3 is 0 Å². The zero-order valence-electron chi connectivity index (χ0n) is 11.0. The van der Waals surface area contributed by atoms with Crippen molar-refractivity contribution in [2.45, 2.75) is 12.5 Å². The summed E-state index contributed by atoms with van der Waals surface area (Å²) in [4.78, 5) is 11.3. The summed E-state index contributed by atoms with van der Waals surface area (Å²) >= 11 is 0. The Hall–Kier alpha value is -2.45. The fraction of sp³-hybridized carbons (Fsp3) is 0.200. The molecule has 0 aliphatic carbocycles. The molecule has 1 aromatic carbocycles. The van der Waals surface area contributed by atoms with Crippen molar-refractivity contribution < 1.29 is 4.39 Å². The maximum absolute atomic E-state index is 14.0. The van der Waals surface area contributed by atoms with Crippen LogP contribution in [0.3, 0.4) is 0 Å². The van der Waals surface area contributed by atoms with Crippen molar-refractivity contribution in [3.05, 3.63) is 58.3 Å². The van der Waals surface area contributed by atoms with Crippen molar-refractivity contribution in [2.24, 2.45) is 12.8 Å². The molecule has 1 heterocycles. The van der Waals surface area contributed by atoms with Crippen LogP contribution in [0.4, 0.5) is 4.39 Å². The number of nitrogens with two attached hydrogens (primary N) is 1. The Bertz CT molecular complexity index is 731.